The first kappa shape index (κ1) is 11.8. The molecule has 3 rings (SSSR count). The van der Waals surface area contributed by atoms with E-state index < -0.39 is 0 Å². The van der Waals surface area contributed by atoms with Crippen LogP contribution in [0.1, 0.15) is 23.5 Å². The minimum atomic E-state index is 0.199. The molecule has 1 fully saturated rings. The van der Waals surface area contributed by atoms with Gasteiger partial charge in [-0.2, -0.15) is 0 Å². The van der Waals surface area contributed by atoms with Gasteiger partial charge in [-0.15, -0.1) is 0 Å². The molecule has 0 aliphatic carbocycles. The molecule has 2 atom stereocenters. The van der Waals surface area contributed by atoms with Crippen LogP contribution in [0.4, 0.5) is 0 Å². The Morgan fingerprint density at radius 1 is 1.39 bits per heavy atom. The molecule has 96 valence electrons. The van der Waals surface area contributed by atoms with Gasteiger partial charge in [-0.3, -0.25) is 0 Å². The van der Waals surface area contributed by atoms with E-state index in [-0.39, 0.29) is 6.04 Å². The Balaban J connectivity index is 2.01. The number of nitrogens with two attached hydrogens (primary N) is 1. The number of fused-ring (bicyclic) bond motifs is 1. The Morgan fingerprint density at radius 2 is 2.22 bits per heavy atom. The van der Waals surface area contributed by atoms with Crippen molar-refractivity contribution in [3.63, 3.8) is 0 Å². The number of piperidine rings is 1. The van der Waals surface area contributed by atoms with Crippen molar-refractivity contribution < 1.29 is 4.42 Å². The van der Waals surface area contributed by atoms with Crippen molar-refractivity contribution in [1.82, 2.24) is 4.90 Å². The lowest BCUT2D eigenvalue weighted by Crippen LogP contribution is -2.45. The van der Waals surface area contributed by atoms with Crippen molar-refractivity contribution in [2.45, 2.75) is 25.3 Å². The molecule has 1 saturated heterocycles. The van der Waals surface area contributed by atoms with E-state index in [1.165, 1.54) is 16.5 Å². The van der Waals surface area contributed by atoms with E-state index in [2.05, 4.69) is 37.1 Å². The van der Waals surface area contributed by atoms with Crippen LogP contribution in [-0.4, -0.2) is 31.1 Å². The van der Waals surface area contributed by atoms with Crippen LogP contribution >= 0.6 is 0 Å². The van der Waals surface area contributed by atoms with E-state index in [4.69, 9.17) is 10.2 Å². The Bertz CT molecular complexity index is 561. The fourth-order valence-corrected chi connectivity index (χ4v) is 2.99. The standard InChI is InChI=1S/C15H20N2O/c1-10-3-4-15-12(7-10)13(9-18-15)11-5-6-17(2)8-14(11)16/h3-4,7,9,11,14H,5-6,8,16H2,1-2H3. The van der Waals surface area contributed by atoms with Crippen LogP contribution < -0.4 is 5.73 Å². The predicted octanol–water partition coefficient (Wildman–Crippen LogP) is 2.49. The summed E-state index contributed by atoms with van der Waals surface area (Å²) in [5.41, 5.74) is 9.84. The summed E-state index contributed by atoms with van der Waals surface area (Å²) in [6, 6.07) is 6.54. The highest BCUT2D eigenvalue weighted by Gasteiger charge is 2.28. The molecule has 1 aliphatic heterocycles. The van der Waals surface area contributed by atoms with Crippen LogP contribution in [0.3, 0.4) is 0 Å². The normalized spacial score (nSPS) is 25.7. The lowest BCUT2D eigenvalue weighted by atomic mass is 9.85. The van der Waals surface area contributed by atoms with Crippen LogP contribution in [0.25, 0.3) is 11.0 Å². The van der Waals surface area contributed by atoms with E-state index in [0.717, 1.165) is 25.1 Å². The fourth-order valence-electron chi connectivity index (χ4n) is 2.99. The number of nitrogens with zero attached hydrogens (tertiary/aromatic N) is 1. The molecule has 2 aromatic rings. The third-order valence-electron chi connectivity index (χ3n) is 4.02. The Morgan fingerprint density at radius 3 is 3.00 bits per heavy atom. The monoisotopic (exact) mass is 244 g/mol. The molecule has 0 spiro atoms. The van der Waals surface area contributed by atoms with Gasteiger partial charge in [0.25, 0.3) is 0 Å². The van der Waals surface area contributed by atoms with Gasteiger partial charge in [0.15, 0.2) is 0 Å². The Hall–Kier alpha value is -1.32. The highest BCUT2D eigenvalue weighted by molar-refractivity contribution is 5.82. The summed E-state index contributed by atoms with van der Waals surface area (Å²) < 4.78 is 5.66. The van der Waals surface area contributed by atoms with Gasteiger partial charge in [0, 0.05) is 29.5 Å². The van der Waals surface area contributed by atoms with Gasteiger partial charge >= 0.3 is 0 Å². The van der Waals surface area contributed by atoms with E-state index in [9.17, 15) is 0 Å². The molecule has 3 heteroatoms. The zero-order chi connectivity index (χ0) is 12.7. The fraction of sp³-hybridized carbons (Fsp3) is 0.467. The quantitative estimate of drug-likeness (QED) is 0.838. The third kappa shape index (κ3) is 1.93. The summed E-state index contributed by atoms with van der Waals surface area (Å²) in [5, 5.41) is 1.24. The average Bonchev–Trinajstić information content (AvgIpc) is 2.72. The van der Waals surface area contributed by atoms with Crippen LogP contribution in [-0.2, 0) is 0 Å². The Kier molecular flexibility index (Phi) is 2.88. The van der Waals surface area contributed by atoms with Gasteiger partial charge in [-0.25, -0.2) is 0 Å². The number of likely N-dealkylation sites (tertiary alicyclic amines) is 1. The average molecular weight is 244 g/mol. The van der Waals surface area contributed by atoms with Gasteiger partial charge in [-0.1, -0.05) is 11.6 Å². The van der Waals surface area contributed by atoms with Crippen molar-refractivity contribution in [3.8, 4) is 0 Å². The number of hydrogen-bond donors (Lipinski definition) is 1. The number of furan rings is 1. The number of rotatable bonds is 1. The lowest BCUT2D eigenvalue weighted by molar-refractivity contribution is 0.228. The van der Waals surface area contributed by atoms with Crippen molar-refractivity contribution >= 4 is 11.0 Å². The van der Waals surface area contributed by atoms with Gasteiger partial charge in [-0.05, 0) is 39.1 Å². The summed E-state index contributed by atoms with van der Waals surface area (Å²) in [6.45, 7) is 4.19. The molecule has 2 heterocycles. The highest BCUT2D eigenvalue weighted by atomic mass is 16.3. The maximum absolute atomic E-state index is 6.31. The zero-order valence-corrected chi connectivity index (χ0v) is 11.0. The first-order chi connectivity index (χ1) is 8.65. The molecule has 18 heavy (non-hydrogen) atoms. The molecule has 2 unspecified atom stereocenters. The van der Waals surface area contributed by atoms with Gasteiger partial charge in [0.05, 0.1) is 6.26 Å². The maximum atomic E-state index is 6.31. The largest absolute Gasteiger partial charge is 0.464 e. The molecule has 1 aromatic heterocycles. The molecular weight excluding hydrogens is 224 g/mol. The molecule has 0 saturated carbocycles. The van der Waals surface area contributed by atoms with E-state index in [1.807, 2.05) is 6.26 Å². The second-order valence-electron chi connectivity index (χ2n) is 5.51. The maximum Gasteiger partial charge on any atom is 0.134 e. The summed E-state index contributed by atoms with van der Waals surface area (Å²) in [5.74, 6) is 0.421. The second kappa shape index (κ2) is 4.41. The van der Waals surface area contributed by atoms with Crippen LogP contribution in [0, 0.1) is 6.92 Å². The van der Waals surface area contributed by atoms with Crippen molar-refractivity contribution in [2.75, 3.05) is 20.1 Å². The minimum Gasteiger partial charge on any atom is -0.464 e. The first-order valence-corrected chi connectivity index (χ1v) is 6.57. The molecule has 0 bridgehead atoms. The number of aryl methyl sites for hydroxylation is 1. The third-order valence-corrected chi connectivity index (χ3v) is 4.02. The molecule has 1 aromatic carbocycles. The molecule has 1 aliphatic rings. The number of likely N-dealkylation sites (N-methyl/N-ethyl adjacent to an activating group) is 1. The zero-order valence-electron chi connectivity index (χ0n) is 11.0. The van der Waals surface area contributed by atoms with Crippen LogP contribution in [0.15, 0.2) is 28.9 Å². The molecular formula is C15H20N2O. The van der Waals surface area contributed by atoms with E-state index in [1.54, 1.807) is 0 Å². The smallest absolute Gasteiger partial charge is 0.134 e. The first-order valence-electron chi connectivity index (χ1n) is 6.57. The summed E-state index contributed by atoms with van der Waals surface area (Å²) in [6.07, 6.45) is 3.01. The number of hydrogen-bond acceptors (Lipinski definition) is 3. The second-order valence-corrected chi connectivity index (χ2v) is 5.51. The van der Waals surface area contributed by atoms with E-state index in [0.29, 0.717) is 5.92 Å². The Labute approximate surface area is 108 Å². The number of benzene rings is 1. The van der Waals surface area contributed by atoms with Crippen LogP contribution in [0.2, 0.25) is 0 Å². The van der Waals surface area contributed by atoms with Crippen LogP contribution in [0.5, 0.6) is 0 Å². The molecule has 2 N–H and O–H groups in total. The van der Waals surface area contributed by atoms with E-state index >= 15 is 0 Å². The lowest BCUT2D eigenvalue weighted by Gasteiger charge is -2.34. The summed E-state index contributed by atoms with van der Waals surface area (Å²) >= 11 is 0. The van der Waals surface area contributed by atoms with Crippen molar-refractivity contribution in [3.05, 3.63) is 35.6 Å². The van der Waals surface area contributed by atoms with Gasteiger partial charge in [0.2, 0.25) is 0 Å². The van der Waals surface area contributed by atoms with Gasteiger partial charge < -0.3 is 15.1 Å². The molecule has 3 nitrogen and oxygen atoms in total. The SMILES string of the molecule is Cc1ccc2occ(C3CCN(C)CC3N)c2c1. The minimum absolute atomic E-state index is 0.199. The molecule has 0 amide bonds. The topological polar surface area (TPSA) is 42.4 Å². The van der Waals surface area contributed by atoms with Crippen molar-refractivity contribution in [1.29, 1.82) is 0 Å². The van der Waals surface area contributed by atoms with Gasteiger partial charge in [0.1, 0.15) is 5.58 Å². The van der Waals surface area contributed by atoms with Crippen molar-refractivity contribution in [2.24, 2.45) is 5.73 Å². The summed E-state index contributed by atoms with van der Waals surface area (Å²) in [4.78, 5) is 2.30. The molecule has 0 radical (unpaired) electrons. The predicted molar refractivity (Wildman–Crippen MR) is 73.8 cm³/mol. The summed E-state index contributed by atoms with van der Waals surface area (Å²) in [7, 11) is 2.13. The highest BCUT2D eigenvalue weighted by Crippen LogP contribution is 2.34.